The van der Waals surface area contributed by atoms with Gasteiger partial charge in [0.05, 0.1) is 5.56 Å². The maximum atomic E-state index is 13.7. The van der Waals surface area contributed by atoms with Gasteiger partial charge in [0.2, 0.25) is 5.91 Å². The van der Waals surface area contributed by atoms with Crippen LogP contribution in [-0.4, -0.2) is 16.8 Å². The molecule has 0 saturated heterocycles. The predicted octanol–water partition coefficient (Wildman–Crippen LogP) is 3.86. The van der Waals surface area contributed by atoms with Crippen molar-refractivity contribution in [1.82, 2.24) is 4.98 Å². The number of amides is 1. The van der Waals surface area contributed by atoms with Crippen LogP contribution in [-0.2, 0) is 5.92 Å². The fourth-order valence-electron chi connectivity index (χ4n) is 1.73. The first-order valence-corrected chi connectivity index (χ1v) is 6.52. The number of carbonyl (C=O) groups is 1. The number of rotatable bonds is 5. The second-order valence-electron chi connectivity index (χ2n) is 4.96. The number of ether oxygens (including phenoxy) is 1. The zero-order valence-electron chi connectivity index (χ0n) is 12.2. The van der Waals surface area contributed by atoms with Gasteiger partial charge in [-0.2, -0.15) is 17.6 Å². The summed E-state index contributed by atoms with van der Waals surface area (Å²) in [5, 5.41) is 0. The number of pyridine rings is 1. The third-order valence-corrected chi connectivity index (χ3v) is 3.07. The van der Waals surface area contributed by atoms with Gasteiger partial charge < -0.3 is 10.5 Å². The number of benzene rings is 1. The fraction of sp³-hybridized carbons (Fsp3) is 0.200. The standard InChI is InChI=1S/C15H11F5N2O2/c1-14(17,18)15(19,20)9-2-4-10(5-3-9)24-13-11(16)6-8(7-22-13)12(21)23/h2-7H,1H3,(H2,21,23). The molecule has 0 atom stereocenters. The Labute approximate surface area is 133 Å². The lowest BCUT2D eigenvalue weighted by atomic mass is 10.0. The Hall–Kier alpha value is -2.71. The van der Waals surface area contributed by atoms with Gasteiger partial charge in [0, 0.05) is 18.7 Å². The monoisotopic (exact) mass is 346 g/mol. The van der Waals surface area contributed by atoms with Crippen LogP contribution < -0.4 is 10.5 Å². The van der Waals surface area contributed by atoms with E-state index in [0.29, 0.717) is 0 Å². The molecule has 0 fully saturated rings. The van der Waals surface area contributed by atoms with Crippen molar-refractivity contribution in [3.8, 4) is 11.6 Å². The van der Waals surface area contributed by atoms with Crippen molar-refractivity contribution in [3.63, 3.8) is 0 Å². The van der Waals surface area contributed by atoms with Crippen LogP contribution in [0.4, 0.5) is 22.0 Å². The molecule has 1 aromatic carbocycles. The van der Waals surface area contributed by atoms with E-state index in [4.69, 9.17) is 10.5 Å². The molecule has 1 heterocycles. The molecule has 2 rings (SSSR count). The summed E-state index contributed by atoms with van der Waals surface area (Å²) in [5.74, 6) is -11.1. The molecule has 2 N–H and O–H groups in total. The van der Waals surface area contributed by atoms with E-state index in [9.17, 15) is 26.7 Å². The lowest BCUT2D eigenvalue weighted by Gasteiger charge is -2.23. The number of aromatic nitrogens is 1. The summed E-state index contributed by atoms with van der Waals surface area (Å²) in [4.78, 5) is 14.4. The molecule has 4 nitrogen and oxygen atoms in total. The van der Waals surface area contributed by atoms with Gasteiger partial charge in [0.25, 0.3) is 5.88 Å². The predicted molar refractivity (Wildman–Crippen MR) is 73.7 cm³/mol. The van der Waals surface area contributed by atoms with Crippen molar-refractivity contribution in [2.24, 2.45) is 5.73 Å². The number of primary amides is 1. The molecule has 9 heteroatoms. The minimum atomic E-state index is -4.36. The highest BCUT2D eigenvalue weighted by atomic mass is 19.3. The normalized spacial score (nSPS) is 12.1. The Morgan fingerprint density at radius 3 is 2.21 bits per heavy atom. The number of nitrogens with two attached hydrogens (primary N) is 1. The van der Waals surface area contributed by atoms with E-state index in [1.807, 2.05) is 0 Å². The lowest BCUT2D eigenvalue weighted by molar-refractivity contribution is -0.204. The highest BCUT2D eigenvalue weighted by molar-refractivity contribution is 5.92. The van der Waals surface area contributed by atoms with Crippen molar-refractivity contribution in [1.29, 1.82) is 0 Å². The van der Waals surface area contributed by atoms with Crippen LogP contribution in [0.25, 0.3) is 0 Å². The van der Waals surface area contributed by atoms with E-state index in [1.165, 1.54) is 0 Å². The van der Waals surface area contributed by atoms with E-state index >= 15 is 0 Å². The SMILES string of the molecule is CC(F)(F)C(F)(F)c1ccc(Oc2ncc(C(N)=O)cc2F)cc1. The highest BCUT2D eigenvalue weighted by Crippen LogP contribution is 2.42. The molecular formula is C15H11F5N2O2. The molecule has 0 radical (unpaired) electrons. The first-order chi connectivity index (χ1) is 11.0. The molecule has 0 spiro atoms. The Morgan fingerprint density at radius 2 is 1.75 bits per heavy atom. The van der Waals surface area contributed by atoms with Crippen molar-refractivity contribution < 1.29 is 31.5 Å². The summed E-state index contributed by atoms with van der Waals surface area (Å²) in [7, 11) is 0. The van der Waals surface area contributed by atoms with E-state index in [-0.39, 0.29) is 18.2 Å². The van der Waals surface area contributed by atoms with Crippen molar-refractivity contribution in [2.45, 2.75) is 18.8 Å². The summed E-state index contributed by atoms with van der Waals surface area (Å²) in [6.07, 6.45) is 0.973. The molecule has 0 aliphatic rings. The minimum Gasteiger partial charge on any atom is -0.436 e. The summed E-state index contributed by atoms with van der Waals surface area (Å²) >= 11 is 0. The second kappa shape index (κ2) is 6.06. The van der Waals surface area contributed by atoms with Gasteiger partial charge in [-0.25, -0.2) is 9.37 Å². The fourth-order valence-corrected chi connectivity index (χ4v) is 1.73. The van der Waals surface area contributed by atoms with Crippen molar-refractivity contribution in [3.05, 3.63) is 53.5 Å². The molecular weight excluding hydrogens is 335 g/mol. The molecule has 0 aliphatic heterocycles. The number of carbonyl (C=O) groups excluding carboxylic acids is 1. The van der Waals surface area contributed by atoms with Gasteiger partial charge in [0.1, 0.15) is 5.75 Å². The molecule has 24 heavy (non-hydrogen) atoms. The maximum Gasteiger partial charge on any atom is 0.335 e. The van der Waals surface area contributed by atoms with Gasteiger partial charge >= 0.3 is 11.8 Å². The van der Waals surface area contributed by atoms with Crippen LogP contribution in [0, 0.1) is 5.82 Å². The Morgan fingerprint density at radius 1 is 1.17 bits per heavy atom. The molecule has 1 aromatic heterocycles. The van der Waals surface area contributed by atoms with Gasteiger partial charge in [-0.3, -0.25) is 4.79 Å². The average Bonchev–Trinajstić information content (AvgIpc) is 2.48. The third kappa shape index (κ3) is 3.44. The van der Waals surface area contributed by atoms with Crippen LogP contribution in [0.1, 0.15) is 22.8 Å². The second-order valence-corrected chi connectivity index (χ2v) is 4.96. The highest BCUT2D eigenvalue weighted by Gasteiger charge is 2.53. The van der Waals surface area contributed by atoms with E-state index in [2.05, 4.69) is 4.98 Å². The quantitative estimate of drug-likeness (QED) is 0.836. The van der Waals surface area contributed by atoms with Gasteiger partial charge in [-0.1, -0.05) is 0 Å². The molecule has 0 aliphatic carbocycles. The Kier molecular flexibility index (Phi) is 4.46. The van der Waals surface area contributed by atoms with Gasteiger partial charge in [-0.05, 0) is 30.3 Å². The molecule has 2 aromatic rings. The summed E-state index contributed by atoms with van der Waals surface area (Å²) in [6, 6.07) is 4.21. The van der Waals surface area contributed by atoms with Crippen LogP contribution in [0.5, 0.6) is 11.6 Å². The molecule has 0 unspecified atom stereocenters. The Bertz CT molecular complexity index is 757. The molecule has 0 saturated carbocycles. The molecule has 0 bridgehead atoms. The molecule has 1 amide bonds. The summed E-state index contributed by atoms with van der Waals surface area (Å²) < 4.78 is 71.6. The van der Waals surface area contributed by atoms with Crippen molar-refractivity contribution >= 4 is 5.91 Å². The number of halogens is 5. The number of alkyl halides is 4. The largest absolute Gasteiger partial charge is 0.436 e. The lowest BCUT2D eigenvalue weighted by Crippen LogP contribution is -2.34. The first-order valence-electron chi connectivity index (χ1n) is 6.52. The van der Waals surface area contributed by atoms with Crippen LogP contribution >= 0.6 is 0 Å². The Balaban J connectivity index is 2.22. The smallest absolute Gasteiger partial charge is 0.335 e. The van der Waals surface area contributed by atoms with E-state index < -0.39 is 35.0 Å². The average molecular weight is 346 g/mol. The zero-order valence-corrected chi connectivity index (χ0v) is 12.2. The van der Waals surface area contributed by atoms with Crippen LogP contribution in [0.3, 0.4) is 0 Å². The van der Waals surface area contributed by atoms with Crippen molar-refractivity contribution in [2.75, 3.05) is 0 Å². The minimum absolute atomic E-state index is 0.104. The third-order valence-electron chi connectivity index (χ3n) is 3.07. The number of hydrogen-bond acceptors (Lipinski definition) is 3. The summed E-state index contributed by atoms with van der Waals surface area (Å²) in [5.41, 5.74) is 3.86. The van der Waals surface area contributed by atoms with Gasteiger partial charge in [-0.15, -0.1) is 0 Å². The number of nitrogens with zero attached hydrogens (tertiary/aromatic N) is 1. The summed E-state index contributed by atoms with van der Waals surface area (Å²) in [6.45, 7) is 0.108. The molecule has 128 valence electrons. The van der Waals surface area contributed by atoms with Crippen LogP contribution in [0.15, 0.2) is 36.5 Å². The van der Waals surface area contributed by atoms with E-state index in [1.54, 1.807) is 0 Å². The first kappa shape index (κ1) is 17.6. The van der Waals surface area contributed by atoms with Gasteiger partial charge in [0.15, 0.2) is 5.82 Å². The van der Waals surface area contributed by atoms with E-state index in [0.717, 1.165) is 36.5 Å². The zero-order chi connectivity index (χ0) is 18.1. The van der Waals surface area contributed by atoms with Crippen LogP contribution in [0.2, 0.25) is 0 Å². The number of hydrogen-bond donors (Lipinski definition) is 1. The topological polar surface area (TPSA) is 65.2 Å². The maximum absolute atomic E-state index is 13.7.